The summed E-state index contributed by atoms with van der Waals surface area (Å²) in [5, 5.41) is 15.4. The van der Waals surface area contributed by atoms with Gasteiger partial charge < -0.3 is 29.2 Å². The zero-order valence-electron chi connectivity index (χ0n) is 22.0. The molecule has 202 valence electrons. The van der Waals surface area contributed by atoms with Gasteiger partial charge >= 0.3 is 5.97 Å². The Balaban J connectivity index is 1.36. The van der Waals surface area contributed by atoms with Crippen molar-refractivity contribution in [1.82, 2.24) is 9.55 Å². The molecule has 0 bridgehead atoms. The van der Waals surface area contributed by atoms with Crippen molar-refractivity contribution in [1.29, 1.82) is 0 Å². The number of hydrogen-bond donors (Lipinski definition) is 2. The number of ether oxygens (including phenoxy) is 3. The fraction of sp³-hybridized carbons (Fsp3) is 0.448. The number of aromatic nitrogens is 2. The Morgan fingerprint density at radius 2 is 1.95 bits per heavy atom. The van der Waals surface area contributed by atoms with E-state index in [4.69, 9.17) is 19.2 Å². The van der Waals surface area contributed by atoms with E-state index in [9.17, 15) is 14.7 Å². The number of carbonyl (C=O) groups excluding carboxylic acids is 1. The van der Waals surface area contributed by atoms with Gasteiger partial charge in [-0.2, -0.15) is 0 Å². The first-order chi connectivity index (χ1) is 18.9. The van der Waals surface area contributed by atoms with Gasteiger partial charge in [-0.1, -0.05) is 26.2 Å². The van der Waals surface area contributed by atoms with Gasteiger partial charge in [0.15, 0.2) is 11.4 Å². The van der Waals surface area contributed by atoms with E-state index in [1.807, 2.05) is 19.2 Å². The number of rotatable bonds is 3. The van der Waals surface area contributed by atoms with Crippen molar-refractivity contribution in [2.45, 2.75) is 64.2 Å². The van der Waals surface area contributed by atoms with Crippen molar-refractivity contribution in [3.8, 4) is 22.9 Å². The topological polar surface area (TPSA) is 124 Å². The highest BCUT2D eigenvalue weighted by atomic mass is 16.7. The quantitative estimate of drug-likeness (QED) is 0.233. The molecule has 1 atom stereocenters. The number of nitrogens with one attached hydrogen (secondary N) is 1. The number of benzene rings is 1. The first-order valence-corrected chi connectivity index (χ1v) is 13.6. The lowest BCUT2D eigenvalue weighted by Crippen LogP contribution is -2.44. The number of hydrogen-bond acceptors (Lipinski definition) is 8. The predicted octanol–water partition coefficient (Wildman–Crippen LogP) is 3.83. The summed E-state index contributed by atoms with van der Waals surface area (Å²) in [4.78, 5) is 35.5. The molecule has 0 saturated heterocycles. The molecule has 39 heavy (non-hydrogen) atoms. The largest absolute Gasteiger partial charge is 0.458 e. The molecule has 10 nitrogen and oxygen atoms in total. The highest BCUT2D eigenvalue weighted by molar-refractivity contribution is 6.05. The number of nitrogens with zero attached hydrogens (tertiary/aromatic N) is 3. The van der Waals surface area contributed by atoms with Gasteiger partial charge in [0.1, 0.15) is 18.2 Å². The summed E-state index contributed by atoms with van der Waals surface area (Å²) in [5.41, 5.74) is 1.80. The van der Waals surface area contributed by atoms with Crippen LogP contribution in [0, 0.1) is 5.92 Å². The molecule has 1 aliphatic carbocycles. The minimum absolute atomic E-state index is 0.0267. The number of esters is 1. The molecule has 2 aromatic heterocycles. The van der Waals surface area contributed by atoms with Crippen molar-refractivity contribution >= 4 is 28.4 Å². The number of anilines is 1. The zero-order chi connectivity index (χ0) is 26.9. The summed E-state index contributed by atoms with van der Waals surface area (Å²) >= 11 is 0. The van der Waals surface area contributed by atoms with Crippen molar-refractivity contribution in [2.75, 3.05) is 19.2 Å². The van der Waals surface area contributed by atoms with Crippen LogP contribution in [0.4, 0.5) is 5.69 Å². The molecule has 0 spiro atoms. The van der Waals surface area contributed by atoms with Gasteiger partial charge in [-0.05, 0) is 37.5 Å². The zero-order valence-corrected chi connectivity index (χ0v) is 22.0. The molecular formula is C29H30N4O6. The van der Waals surface area contributed by atoms with E-state index in [0.29, 0.717) is 45.4 Å². The molecular weight excluding hydrogens is 500 g/mol. The van der Waals surface area contributed by atoms with Crippen molar-refractivity contribution in [3.05, 3.63) is 45.2 Å². The Hall–Kier alpha value is -3.92. The maximum atomic E-state index is 13.6. The second-order valence-corrected chi connectivity index (χ2v) is 10.7. The number of pyridine rings is 2. The number of aliphatic hydroxyl groups is 1. The van der Waals surface area contributed by atoms with Gasteiger partial charge in [0, 0.05) is 24.1 Å². The van der Waals surface area contributed by atoms with E-state index in [-0.39, 0.29) is 31.9 Å². The molecule has 3 aliphatic heterocycles. The highest BCUT2D eigenvalue weighted by Gasteiger charge is 2.45. The maximum Gasteiger partial charge on any atom is 0.343 e. The third kappa shape index (κ3) is 3.43. The van der Waals surface area contributed by atoms with E-state index >= 15 is 0 Å². The molecule has 7 rings (SSSR count). The second kappa shape index (κ2) is 8.81. The lowest BCUT2D eigenvalue weighted by Gasteiger charge is -2.31. The Morgan fingerprint density at radius 3 is 2.72 bits per heavy atom. The van der Waals surface area contributed by atoms with Gasteiger partial charge in [-0.3, -0.25) is 9.79 Å². The second-order valence-electron chi connectivity index (χ2n) is 10.7. The average Bonchev–Trinajstić information content (AvgIpc) is 3.34. The predicted molar refractivity (Wildman–Crippen MR) is 144 cm³/mol. The first kappa shape index (κ1) is 24.1. The summed E-state index contributed by atoms with van der Waals surface area (Å²) in [7, 11) is 1.82. The minimum Gasteiger partial charge on any atom is -0.458 e. The van der Waals surface area contributed by atoms with Crippen LogP contribution in [-0.2, 0) is 28.3 Å². The lowest BCUT2D eigenvalue weighted by molar-refractivity contribution is -0.172. The van der Waals surface area contributed by atoms with E-state index in [1.54, 1.807) is 17.6 Å². The maximum absolute atomic E-state index is 13.6. The number of carbonyl (C=O) groups is 1. The minimum atomic E-state index is -1.87. The number of cyclic esters (lactones) is 1. The van der Waals surface area contributed by atoms with Crippen molar-refractivity contribution in [3.63, 3.8) is 0 Å². The summed E-state index contributed by atoms with van der Waals surface area (Å²) in [6.07, 6.45) is 6.01. The molecule has 4 aliphatic rings. The molecule has 2 N–H and O–H groups in total. The van der Waals surface area contributed by atoms with Crippen molar-refractivity contribution < 1.29 is 24.1 Å². The van der Waals surface area contributed by atoms with Crippen LogP contribution >= 0.6 is 0 Å². The van der Waals surface area contributed by atoms with Crippen LogP contribution in [-0.4, -0.2) is 40.3 Å². The molecule has 0 unspecified atom stereocenters. The number of amidine groups is 1. The number of aliphatic imine (C=N–C) groups is 1. The van der Waals surface area contributed by atoms with Gasteiger partial charge in [-0.15, -0.1) is 0 Å². The molecule has 1 fully saturated rings. The Labute approximate surface area is 224 Å². The SMILES string of the molecule is CC[C@@]1(O)C(=O)OCc2c1cc1n(c2=O)Cc2c-1nc1ccc(NC(=NC)C3CCCCC3)c3c1c2OCO3. The highest BCUT2D eigenvalue weighted by Crippen LogP contribution is 2.48. The standard InChI is InChI=1S/C29H30N4O6/c1-3-29(36)18-11-21-23-16(12-33(21)27(34)17(18)13-37-28(29)35)24-22-19(31-23)9-10-20(25(22)39-14-38-24)32-26(30-2)15-7-5-4-6-8-15/h9-11,15,36H,3-8,12-14H2,1-2H3,(H,30,32)/t29-/m0/s1. The monoisotopic (exact) mass is 530 g/mol. The van der Waals surface area contributed by atoms with Crippen LogP contribution in [0.15, 0.2) is 28.0 Å². The third-order valence-electron chi connectivity index (χ3n) is 8.66. The Kier molecular flexibility index (Phi) is 5.45. The van der Waals surface area contributed by atoms with Gasteiger partial charge in [-0.25, -0.2) is 9.78 Å². The summed E-state index contributed by atoms with van der Waals surface area (Å²) in [5.74, 6) is 1.90. The fourth-order valence-electron chi connectivity index (χ4n) is 6.51. The average molecular weight is 531 g/mol. The molecule has 10 heteroatoms. The molecule has 0 radical (unpaired) electrons. The van der Waals surface area contributed by atoms with Crippen LogP contribution in [0.3, 0.4) is 0 Å². The Morgan fingerprint density at radius 1 is 1.15 bits per heavy atom. The molecule has 0 amide bonds. The molecule has 1 saturated carbocycles. The molecule has 3 aromatic rings. The van der Waals surface area contributed by atoms with Crippen LogP contribution in [0.25, 0.3) is 22.3 Å². The lowest BCUT2D eigenvalue weighted by atomic mass is 9.86. The molecule has 1 aromatic carbocycles. The van der Waals surface area contributed by atoms with E-state index in [1.165, 1.54) is 19.3 Å². The summed E-state index contributed by atoms with van der Waals surface area (Å²) in [6, 6.07) is 5.57. The van der Waals surface area contributed by atoms with Crippen LogP contribution in [0.5, 0.6) is 11.5 Å². The van der Waals surface area contributed by atoms with E-state index < -0.39 is 11.6 Å². The van der Waals surface area contributed by atoms with Crippen molar-refractivity contribution in [2.24, 2.45) is 10.9 Å². The van der Waals surface area contributed by atoms with E-state index in [0.717, 1.165) is 35.3 Å². The summed E-state index contributed by atoms with van der Waals surface area (Å²) in [6.45, 7) is 1.81. The molecule has 5 heterocycles. The summed E-state index contributed by atoms with van der Waals surface area (Å²) < 4.78 is 18.9. The van der Waals surface area contributed by atoms with Crippen LogP contribution < -0.4 is 20.3 Å². The van der Waals surface area contributed by atoms with Gasteiger partial charge in [0.05, 0.1) is 40.1 Å². The Bertz CT molecular complexity index is 1640. The normalized spacial score (nSPS) is 21.9. The third-order valence-corrected chi connectivity index (χ3v) is 8.66. The number of fused-ring (bicyclic) bond motifs is 5. The first-order valence-electron chi connectivity index (χ1n) is 13.6. The fourth-order valence-corrected chi connectivity index (χ4v) is 6.51. The van der Waals surface area contributed by atoms with Gasteiger partial charge in [0.25, 0.3) is 5.56 Å². The van der Waals surface area contributed by atoms with Crippen LogP contribution in [0.1, 0.15) is 62.1 Å². The van der Waals surface area contributed by atoms with Gasteiger partial charge in [0.2, 0.25) is 6.79 Å². The van der Waals surface area contributed by atoms with Crippen LogP contribution in [0.2, 0.25) is 0 Å². The van der Waals surface area contributed by atoms with E-state index in [2.05, 4.69) is 10.3 Å². The smallest absolute Gasteiger partial charge is 0.343 e.